The van der Waals surface area contributed by atoms with Crippen molar-refractivity contribution >= 4 is 5.91 Å². The average molecular weight is 427 g/mol. The summed E-state index contributed by atoms with van der Waals surface area (Å²) in [6.07, 6.45) is 7.96. The van der Waals surface area contributed by atoms with E-state index in [4.69, 9.17) is 9.47 Å². The van der Waals surface area contributed by atoms with Crippen LogP contribution in [0.3, 0.4) is 0 Å². The van der Waals surface area contributed by atoms with Gasteiger partial charge in [-0.05, 0) is 93.0 Å². The second-order valence-electron chi connectivity index (χ2n) is 10.8. The van der Waals surface area contributed by atoms with Crippen molar-refractivity contribution in [2.45, 2.75) is 82.4 Å². The van der Waals surface area contributed by atoms with E-state index in [0.717, 1.165) is 50.3 Å². The van der Waals surface area contributed by atoms with Crippen LogP contribution in [0.1, 0.15) is 63.5 Å². The van der Waals surface area contributed by atoms with Crippen molar-refractivity contribution in [2.75, 3.05) is 26.8 Å². The SMILES string of the molecule is COc1ccc2c(c1)C1(C)CCN(CC3CC3)C(C2)C(C)OCC(NC(=O)C2CC2)C1. The van der Waals surface area contributed by atoms with Crippen LogP contribution in [0.2, 0.25) is 0 Å². The molecule has 0 radical (unpaired) electrons. The molecule has 5 aliphatic rings. The molecule has 5 nitrogen and oxygen atoms in total. The molecule has 6 rings (SSSR count). The Kier molecular flexibility index (Phi) is 5.76. The van der Waals surface area contributed by atoms with Crippen LogP contribution in [0.25, 0.3) is 0 Å². The molecule has 1 aromatic carbocycles. The fourth-order valence-electron chi connectivity index (χ4n) is 5.74. The number of ether oxygens (including phenoxy) is 2. The number of methoxy groups -OCH3 is 1. The first kappa shape index (κ1) is 21.3. The smallest absolute Gasteiger partial charge is 0.223 e. The number of fused-ring (bicyclic) bond motifs is 6. The Labute approximate surface area is 186 Å². The molecule has 4 unspecified atom stereocenters. The van der Waals surface area contributed by atoms with E-state index >= 15 is 0 Å². The van der Waals surface area contributed by atoms with Crippen LogP contribution in [0.15, 0.2) is 18.2 Å². The van der Waals surface area contributed by atoms with Gasteiger partial charge in [0.15, 0.2) is 0 Å². The molecule has 1 amide bonds. The summed E-state index contributed by atoms with van der Waals surface area (Å²) in [5.74, 6) is 2.23. The van der Waals surface area contributed by atoms with E-state index in [1.807, 2.05) is 0 Å². The van der Waals surface area contributed by atoms with Crippen molar-refractivity contribution in [2.24, 2.45) is 11.8 Å². The maximum atomic E-state index is 12.6. The number of hydrogen-bond donors (Lipinski definition) is 1. The summed E-state index contributed by atoms with van der Waals surface area (Å²) in [5.41, 5.74) is 2.79. The van der Waals surface area contributed by atoms with Gasteiger partial charge in [-0.2, -0.15) is 0 Å². The van der Waals surface area contributed by atoms with Crippen LogP contribution < -0.4 is 10.1 Å². The predicted molar refractivity (Wildman–Crippen MR) is 121 cm³/mol. The maximum absolute atomic E-state index is 12.6. The molecule has 3 heterocycles. The molecule has 2 bridgehead atoms. The van der Waals surface area contributed by atoms with Crippen LogP contribution in [-0.4, -0.2) is 55.8 Å². The minimum absolute atomic E-state index is 0.0257. The zero-order chi connectivity index (χ0) is 21.6. The van der Waals surface area contributed by atoms with E-state index in [9.17, 15) is 4.79 Å². The molecule has 1 N–H and O–H groups in total. The van der Waals surface area contributed by atoms with Gasteiger partial charge in [0.05, 0.1) is 25.9 Å². The highest BCUT2D eigenvalue weighted by Crippen LogP contribution is 2.42. The molecule has 1 aromatic rings. The largest absolute Gasteiger partial charge is 0.497 e. The minimum Gasteiger partial charge on any atom is -0.497 e. The molecular formula is C26H38N2O3. The number of nitrogens with one attached hydrogen (secondary N) is 1. The van der Waals surface area contributed by atoms with Crippen LogP contribution in [0.5, 0.6) is 5.75 Å². The van der Waals surface area contributed by atoms with Crippen molar-refractivity contribution in [1.82, 2.24) is 10.2 Å². The number of carbonyl (C=O) groups is 1. The number of hydrogen-bond acceptors (Lipinski definition) is 4. The van der Waals surface area contributed by atoms with Gasteiger partial charge in [-0.3, -0.25) is 9.69 Å². The first-order valence-electron chi connectivity index (χ1n) is 12.3. The van der Waals surface area contributed by atoms with E-state index in [1.54, 1.807) is 7.11 Å². The molecule has 4 atom stereocenters. The minimum atomic E-state index is -0.0257. The van der Waals surface area contributed by atoms with Crippen LogP contribution in [-0.2, 0) is 21.4 Å². The lowest BCUT2D eigenvalue weighted by molar-refractivity contribution is -0.124. The van der Waals surface area contributed by atoms with E-state index in [-0.39, 0.29) is 29.4 Å². The van der Waals surface area contributed by atoms with Gasteiger partial charge in [-0.25, -0.2) is 0 Å². The molecule has 2 aliphatic carbocycles. The molecule has 0 spiro atoms. The predicted octanol–water partition coefficient (Wildman–Crippen LogP) is 3.68. The van der Waals surface area contributed by atoms with Gasteiger partial charge in [0.2, 0.25) is 5.91 Å². The fraction of sp³-hybridized carbons (Fsp3) is 0.731. The number of nitrogens with zero attached hydrogens (tertiary/aromatic N) is 1. The Balaban J connectivity index is 1.51. The fourth-order valence-corrected chi connectivity index (χ4v) is 5.74. The van der Waals surface area contributed by atoms with Gasteiger partial charge in [0.1, 0.15) is 5.75 Å². The van der Waals surface area contributed by atoms with Gasteiger partial charge >= 0.3 is 0 Å². The van der Waals surface area contributed by atoms with Gasteiger partial charge in [-0.15, -0.1) is 0 Å². The first-order valence-corrected chi connectivity index (χ1v) is 12.3. The van der Waals surface area contributed by atoms with E-state index in [0.29, 0.717) is 12.6 Å². The Morgan fingerprint density at radius 2 is 2.10 bits per heavy atom. The van der Waals surface area contributed by atoms with Crippen LogP contribution in [0.4, 0.5) is 0 Å². The second-order valence-corrected chi connectivity index (χ2v) is 10.8. The lowest BCUT2D eigenvalue weighted by Crippen LogP contribution is -2.53. The van der Waals surface area contributed by atoms with Crippen molar-refractivity contribution in [3.8, 4) is 5.75 Å². The van der Waals surface area contributed by atoms with Gasteiger partial charge in [0, 0.05) is 18.5 Å². The summed E-state index contributed by atoms with van der Waals surface area (Å²) in [6, 6.07) is 7.05. The summed E-state index contributed by atoms with van der Waals surface area (Å²) >= 11 is 0. The molecule has 2 saturated carbocycles. The van der Waals surface area contributed by atoms with Crippen molar-refractivity contribution in [3.05, 3.63) is 29.3 Å². The molecule has 3 aliphatic heterocycles. The monoisotopic (exact) mass is 426 g/mol. The Hall–Kier alpha value is -1.59. The van der Waals surface area contributed by atoms with E-state index in [2.05, 4.69) is 42.3 Å². The third kappa shape index (κ3) is 4.63. The Bertz CT molecular complexity index is 819. The summed E-state index contributed by atoms with van der Waals surface area (Å²) in [6.45, 7) is 7.51. The van der Waals surface area contributed by atoms with E-state index in [1.165, 1.54) is 30.5 Å². The third-order valence-electron chi connectivity index (χ3n) is 8.10. The number of rotatable bonds is 5. The number of carbonyl (C=O) groups excluding carboxylic acids is 1. The van der Waals surface area contributed by atoms with Gasteiger partial charge in [-0.1, -0.05) is 13.0 Å². The molecule has 3 fully saturated rings. The molecule has 31 heavy (non-hydrogen) atoms. The summed E-state index contributed by atoms with van der Waals surface area (Å²) in [7, 11) is 1.75. The quantitative estimate of drug-likeness (QED) is 0.780. The molecular weight excluding hydrogens is 388 g/mol. The average Bonchev–Trinajstić information content (AvgIpc) is 3.66. The van der Waals surface area contributed by atoms with Crippen LogP contribution in [0, 0.1) is 11.8 Å². The lowest BCUT2D eigenvalue weighted by atomic mass is 9.70. The standard InChI is InChI=1S/C26H38N2O3/c1-17-24-12-20-8-9-22(30-3)13-23(20)26(2,10-11-28(24)15-18-4-5-18)14-21(16-31-17)27-25(29)19-6-7-19/h8-9,13,17-19,21,24H,4-7,10-12,14-16H2,1-3H3,(H,27,29). The van der Waals surface area contributed by atoms with E-state index < -0.39 is 0 Å². The van der Waals surface area contributed by atoms with Crippen molar-refractivity contribution in [3.63, 3.8) is 0 Å². The Morgan fingerprint density at radius 1 is 1.29 bits per heavy atom. The maximum Gasteiger partial charge on any atom is 0.223 e. The zero-order valence-corrected chi connectivity index (χ0v) is 19.4. The molecule has 170 valence electrons. The second kappa shape index (κ2) is 8.40. The lowest BCUT2D eigenvalue weighted by Gasteiger charge is -2.46. The highest BCUT2D eigenvalue weighted by molar-refractivity contribution is 5.81. The summed E-state index contributed by atoms with van der Waals surface area (Å²) in [4.78, 5) is 15.3. The van der Waals surface area contributed by atoms with Crippen LogP contribution >= 0.6 is 0 Å². The topological polar surface area (TPSA) is 50.8 Å². The van der Waals surface area contributed by atoms with Crippen molar-refractivity contribution in [1.29, 1.82) is 0 Å². The van der Waals surface area contributed by atoms with Crippen molar-refractivity contribution < 1.29 is 14.3 Å². The molecule has 5 heteroatoms. The molecule has 0 aromatic heterocycles. The highest BCUT2D eigenvalue weighted by atomic mass is 16.5. The normalized spacial score (nSPS) is 34.0. The molecule has 1 saturated heterocycles. The van der Waals surface area contributed by atoms with Gasteiger partial charge in [0.25, 0.3) is 0 Å². The third-order valence-corrected chi connectivity index (χ3v) is 8.10. The summed E-state index contributed by atoms with van der Waals surface area (Å²) < 4.78 is 12.1. The highest BCUT2D eigenvalue weighted by Gasteiger charge is 2.42. The number of benzene rings is 1. The zero-order valence-electron chi connectivity index (χ0n) is 19.4. The van der Waals surface area contributed by atoms with Gasteiger partial charge < -0.3 is 14.8 Å². The Morgan fingerprint density at radius 3 is 2.81 bits per heavy atom. The number of amides is 1. The first-order chi connectivity index (χ1) is 14.9. The summed E-state index contributed by atoms with van der Waals surface area (Å²) in [5, 5.41) is 3.35.